The van der Waals surface area contributed by atoms with Gasteiger partial charge in [0, 0.05) is 49.0 Å². The molecule has 1 aliphatic rings. The van der Waals surface area contributed by atoms with E-state index < -0.39 is 0 Å². The van der Waals surface area contributed by atoms with E-state index in [9.17, 15) is 0 Å². The highest BCUT2D eigenvalue weighted by Gasteiger charge is 2.09. The summed E-state index contributed by atoms with van der Waals surface area (Å²) in [4.78, 5) is 14.6. The van der Waals surface area contributed by atoms with Crippen LogP contribution in [0.1, 0.15) is 0 Å². The van der Waals surface area contributed by atoms with Crippen molar-refractivity contribution in [1.29, 1.82) is 0 Å². The van der Waals surface area contributed by atoms with E-state index in [-0.39, 0.29) is 0 Å². The minimum atomic E-state index is 0.644. The Morgan fingerprint density at radius 1 is 1.18 bits per heavy atom. The van der Waals surface area contributed by atoms with Crippen molar-refractivity contribution in [3.8, 4) is 17.1 Å². The van der Waals surface area contributed by atoms with Crippen molar-refractivity contribution in [2.45, 2.75) is 0 Å². The second kappa shape index (κ2) is 9.47. The Morgan fingerprint density at radius 2 is 2.00 bits per heavy atom. The van der Waals surface area contributed by atoms with Crippen molar-refractivity contribution in [3.63, 3.8) is 0 Å². The monoisotopic (exact) mass is 445 g/mol. The molecule has 28 heavy (non-hydrogen) atoms. The van der Waals surface area contributed by atoms with Crippen LogP contribution in [-0.4, -0.2) is 72.4 Å². The number of hydrogen-bond acceptors (Lipinski definition) is 6. The van der Waals surface area contributed by atoms with Crippen molar-refractivity contribution >= 4 is 27.1 Å². The highest BCUT2D eigenvalue weighted by Crippen LogP contribution is 2.23. The fourth-order valence-corrected chi connectivity index (χ4v) is 3.46. The van der Waals surface area contributed by atoms with Gasteiger partial charge in [0.2, 0.25) is 0 Å². The predicted molar refractivity (Wildman–Crippen MR) is 113 cm³/mol. The molecule has 2 N–H and O–H groups in total. The third-order valence-corrected chi connectivity index (χ3v) is 5.12. The van der Waals surface area contributed by atoms with Crippen LogP contribution in [0.3, 0.4) is 0 Å². The summed E-state index contributed by atoms with van der Waals surface area (Å²) in [6.45, 7) is 7.26. The molecule has 8 heteroatoms. The SMILES string of the molecule is Brc1cnc2[nH]c(-c3ccc(OCCNCCN4CCOCC4)cc3)nc2c1. The lowest BCUT2D eigenvalue weighted by atomic mass is 10.2. The minimum Gasteiger partial charge on any atom is -0.492 e. The van der Waals surface area contributed by atoms with Crippen LogP contribution >= 0.6 is 15.9 Å². The van der Waals surface area contributed by atoms with Crippen molar-refractivity contribution < 1.29 is 9.47 Å². The van der Waals surface area contributed by atoms with Crippen molar-refractivity contribution in [2.24, 2.45) is 0 Å². The van der Waals surface area contributed by atoms with Gasteiger partial charge in [-0.1, -0.05) is 0 Å². The van der Waals surface area contributed by atoms with Crippen LogP contribution in [0.4, 0.5) is 0 Å². The van der Waals surface area contributed by atoms with Crippen LogP contribution < -0.4 is 10.1 Å². The number of halogens is 1. The number of morpholine rings is 1. The van der Waals surface area contributed by atoms with Crippen molar-refractivity contribution in [1.82, 2.24) is 25.2 Å². The molecule has 1 aliphatic heterocycles. The van der Waals surface area contributed by atoms with Crippen LogP contribution in [0.2, 0.25) is 0 Å². The molecule has 2 aromatic heterocycles. The van der Waals surface area contributed by atoms with Crippen LogP contribution in [0.25, 0.3) is 22.6 Å². The number of aromatic amines is 1. The molecule has 1 aromatic carbocycles. The maximum Gasteiger partial charge on any atom is 0.157 e. The minimum absolute atomic E-state index is 0.644. The van der Waals surface area contributed by atoms with Crippen molar-refractivity contribution in [2.75, 3.05) is 52.5 Å². The molecule has 1 saturated heterocycles. The van der Waals surface area contributed by atoms with Crippen LogP contribution in [0.5, 0.6) is 5.75 Å². The van der Waals surface area contributed by atoms with Crippen LogP contribution in [-0.2, 0) is 4.74 Å². The van der Waals surface area contributed by atoms with Crippen LogP contribution in [0.15, 0.2) is 41.0 Å². The quantitative estimate of drug-likeness (QED) is 0.519. The zero-order chi connectivity index (χ0) is 19.2. The smallest absolute Gasteiger partial charge is 0.157 e. The first-order valence-electron chi connectivity index (χ1n) is 9.53. The molecular formula is C20H24BrN5O2. The van der Waals surface area contributed by atoms with Gasteiger partial charge in [0.15, 0.2) is 5.65 Å². The summed E-state index contributed by atoms with van der Waals surface area (Å²) in [5.74, 6) is 1.66. The fourth-order valence-electron chi connectivity index (χ4n) is 3.14. The highest BCUT2D eigenvalue weighted by atomic mass is 79.9. The number of ether oxygens (including phenoxy) is 2. The number of pyridine rings is 1. The third kappa shape index (κ3) is 5.08. The summed E-state index contributed by atoms with van der Waals surface area (Å²) in [6.07, 6.45) is 1.76. The number of fused-ring (bicyclic) bond motifs is 1. The van der Waals surface area contributed by atoms with Gasteiger partial charge in [-0.15, -0.1) is 0 Å². The van der Waals surface area contributed by atoms with E-state index in [0.29, 0.717) is 6.61 Å². The maximum atomic E-state index is 5.82. The number of imidazole rings is 1. The first kappa shape index (κ1) is 19.3. The first-order valence-corrected chi connectivity index (χ1v) is 10.3. The van der Waals surface area contributed by atoms with E-state index in [4.69, 9.17) is 9.47 Å². The Bertz CT molecular complexity index is 893. The first-order chi connectivity index (χ1) is 13.8. The Hall–Kier alpha value is -2.00. The van der Waals surface area contributed by atoms with Crippen LogP contribution in [0, 0.1) is 0 Å². The molecule has 3 aromatic rings. The topological polar surface area (TPSA) is 75.3 Å². The number of aromatic nitrogens is 3. The molecule has 148 valence electrons. The highest BCUT2D eigenvalue weighted by molar-refractivity contribution is 9.10. The molecule has 0 atom stereocenters. The van der Waals surface area contributed by atoms with E-state index in [2.05, 4.69) is 41.1 Å². The summed E-state index contributed by atoms with van der Waals surface area (Å²) in [6, 6.07) is 9.91. The molecule has 0 amide bonds. The van der Waals surface area contributed by atoms with Gasteiger partial charge in [0.05, 0.1) is 13.2 Å². The lowest BCUT2D eigenvalue weighted by Crippen LogP contribution is -2.40. The fraction of sp³-hybridized carbons (Fsp3) is 0.400. The zero-order valence-electron chi connectivity index (χ0n) is 15.7. The summed E-state index contributed by atoms with van der Waals surface area (Å²) in [7, 11) is 0. The average molecular weight is 446 g/mol. The predicted octanol–water partition coefficient (Wildman–Crippen LogP) is 2.69. The molecule has 0 saturated carbocycles. The van der Waals surface area contributed by atoms with Gasteiger partial charge in [-0.25, -0.2) is 9.97 Å². The van der Waals surface area contributed by atoms with Gasteiger partial charge < -0.3 is 19.8 Å². The Kier molecular flexibility index (Phi) is 6.53. The largest absolute Gasteiger partial charge is 0.492 e. The Balaban J connectivity index is 1.22. The van der Waals surface area contributed by atoms with E-state index in [0.717, 1.165) is 78.7 Å². The molecule has 0 unspecified atom stereocenters. The van der Waals surface area contributed by atoms with E-state index in [1.165, 1.54) is 0 Å². The summed E-state index contributed by atoms with van der Waals surface area (Å²) in [5.41, 5.74) is 2.62. The second-order valence-corrected chi connectivity index (χ2v) is 7.60. The Morgan fingerprint density at radius 3 is 2.82 bits per heavy atom. The molecule has 3 heterocycles. The number of benzene rings is 1. The average Bonchev–Trinajstić information content (AvgIpc) is 3.15. The lowest BCUT2D eigenvalue weighted by Gasteiger charge is -2.26. The molecule has 4 rings (SSSR count). The van der Waals surface area contributed by atoms with Crippen molar-refractivity contribution in [3.05, 3.63) is 41.0 Å². The normalized spacial score (nSPS) is 15.2. The second-order valence-electron chi connectivity index (χ2n) is 6.68. The zero-order valence-corrected chi connectivity index (χ0v) is 17.2. The number of nitrogens with zero attached hydrogens (tertiary/aromatic N) is 3. The van der Waals surface area contributed by atoms with Gasteiger partial charge in [0.25, 0.3) is 0 Å². The van der Waals surface area contributed by atoms with E-state index >= 15 is 0 Å². The number of rotatable bonds is 8. The maximum absolute atomic E-state index is 5.82. The van der Waals surface area contributed by atoms with Gasteiger partial charge in [-0.2, -0.15) is 0 Å². The number of hydrogen-bond donors (Lipinski definition) is 2. The number of nitrogens with one attached hydrogen (secondary N) is 2. The summed E-state index contributed by atoms with van der Waals surface area (Å²) >= 11 is 3.42. The van der Waals surface area contributed by atoms with E-state index in [1.54, 1.807) is 6.20 Å². The van der Waals surface area contributed by atoms with Gasteiger partial charge in [-0.05, 0) is 46.3 Å². The standard InChI is InChI=1S/C20H24BrN5O2/c21-16-13-18-20(23-14-16)25-19(24-18)15-1-3-17(4-2-15)28-10-6-22-5-7-26-8-11-27-12-9-26/h1-4,13-14,22H,5-12H2,(H,23,24,25). The van der Waals surface area contributed by atoms with E-state index in [1.807, 2.05) is 30.3 Å². The third-order valence-electron chi connectivity index (χ3n) is 4.69. The van der Waals surface area contributed by atoms with Gasteiger partial charge in [0.1, 0.15) is 23.7 Å². The lowest BCUT2D eigenvalue weighted by molar-refractivity contribution is 0.0383. The van der Waals surface area contributed by atoms with Gasteiger partial charge in [-0.3, -0.25) is 4.90 Å². The summed E-state index contributed by atoms with van der Waals surface area (Å²) < 4.78 is 12.1. The number of H-pyrrole nitrogens is 1. The van der Waals surface area contributed by atoms with Gasteiger partial charge >= 0.3 is 0 Å². The Labute approximate surface area is 172 Å². The molecule has 7 nitrogen and oxygen atoms in total. The molecule has 0 aliphatic carbocycles. The molecule has 0 radical (unpaired) electrons. The molecule has 0 bridgehead atoms. The molecular weight excluding hydrogens is 422 g/mol. The molecule has 0 spiro atoms. The molecule has 1 fully saturated rings. The summed E-state index contributed by atoms with van der Waals surface area (Å²) in [5, 5.41) is 3.43.